The van der Waals surface area contributed by atoms with E-state index in [2.05, 4.69) is 5.32 Å². The van der Waals surface area contributed by atoms with Gasteiger partial charge in [-0.15, -0.1) is 0 Å². The summed E-state index contributed by atoms with van der Waals surface area (Å²) in [6, 6.07) is 7.92. The molecule has 3 N–H and O–H groups in total. The second-order valence-corrected chi connectivity index (χ2v) is 5.33. The molecule has 1 aromatic heterocycles. The smallest absolute Gasteiger partial charge is 0.253 e. The van der Waals surface area contributed by atoms with Crippen LogP contribution in [0.3, 0.4) is 0 Å². The number of fused-ring (bicyclic) bond motifs is 1. The zero-order valence-corrected chi connectivity index (χ0v) is 11.8. The van der Waals surface area contributed by atoms with Crippen molar-refractivity contribution in [2.24, 2.45) is 0 Å². The van der Waals surface area contributed by atoms with Crippen LogP contribution in [0.2, 0.25) is 0 Å². The molecule has 0 saturated heterocycles. The summed E-state index contributed by atoms with van der Waals surface area (Å²) in [5, 5.41) is 22.6. The Morgan fingerprint density at radius 2 is 2.05 bits per heavy atom. The van der Waals surface area contributed by atoms with E-state index in [1.165, 1.54) is 0 Å². The summed E-state index contributed by atoms with van der Waals surface area (Å²) < 4.78 is 5.48. The van der Waals surface area contributed by atoms with E-state index in [0.717, 1.165) is 5.39 Å². The fourth-order valence-corrected chi connectivity index (χ4v) is 1.94. The van der Waals surface area contributed by atoms with E-state index < -0.39 is 29.5 Å². The van der Waals surface area contributed by atoms with Gasteiger partial charge in [-0.2, -0.15) is 0 Å². The van der Waals surface area contributed by atoms with Crippen molar-refractivity contribution in [2.45, 2.75) is 17.0 Å². The molecule has 2 aromatic rings. The zero-order chi connectivity index (χ0) is 14.7. The summed E-state index contributed by atoms with van der Waals surface area (Å²) in [7, 11) is 0. The summed E-state index contributed by atoms with van der Waals surface area (Å²) in [4.78, 5) is 10.1. The number of rotatable bonds is 5. The van der Waals surface area contributed by atoms with Crippen molar-refractivity contribution in [3.63, 3.8) is 0 Å². The molecule has 5 nitrogen and oxygen atoms in total. The molecule has 20 heavy (non-hydrogen) atoms. The standard InChI is InChI=1S/C13H13Cl2NO4/c14-12(15)13(19)16-8(6-17)11(18)10-5-7-3-1-2-4-9(7)20-10/h1-5,8,11-12,17-18H,6H2,(H,16,19)/t8-,11-/m0/s1. The maximum Gasteiger partial charge on any atom is 0.253 e. The van der Waals surface area contributed by atoms with Crippen molar-refractivity contribution in [2.75, 3.05) is 6.61 Å². The molecule has 1 heterocycles. The van der Waals surface area contributed by atoms with Crippen LogP contribution in [-0.4, -0.2) is 33.6 Å². The predicted octanol–water partition coefficient (Wildman–Crippen LogP) is 1.75. The Balaban J connectivity index is 2.19. The van der Waals surface area contributed by atoms with Gasteiger partial charge in [0.25, 0.3) is 5.91 Å². The third-order valence-electron chi connectivity index (χ3n) is 2.84. The lowest BCUT2D eigenvalue weighted by Crippen LogP contribution is -2.44. The average Bonchev–Trinajstić information content (AvgIpc) is 2.87. The van der Waals surface area contributed by atoms with E-state index in [9.17, 15) is 15.0 Å². The third-order valence-corrected chi connectivity index (χ3v) is 3.24. The van der Waals surface area contributed by atoms with Crippen molar-refractivity contribution >= 4 is 40.1 Å². The number of furan rings is 1. The highest BCUT2D eigenvalue weighted by Crippen LogP contribution is 2.25. The number of carbonyl (C=O) groups is 1. The molecule has 0 unspecified atom stereocenters. The normalized spacial score (nSPS) is 14.4. The molecule has 7 heteroatoms. The number of halogens is 2. The predicted molar refractivity (Wildman–Crippen MR) is 75.7 cm³/mol. The molecule has 108 valence electrons. The second kappa shape index (κ2) is 6.45. The van der Waals surface area contributed by atoms with E-state index in [1.807, 2.05) is 12.1 Å². The number of alkyl halides is 2. The van der Waals surface area contributed by atoms with E-state index >= 15 is 0 Å². The van der Waals surface area contributed by atoms with Crippen molar-refractivity contribution in [3.05, 3.63) is 36.1 Å². The highest BCUT2D eigenvalue weighted by Gasteiger charge is 2.26. The van der Waals surface area contributed by atoms with Crippen molar-refractivity contribution < 1.29 is 19.4 Å². The fraction of sp³-hybridized carbons (Fsp3) is 0.308. The molecular formula is C13H13Cl2NO4. The first-order chi connectivity index (χ1) is 9.52. The molecule has 2 atom stereocenters. The number of hydrogen-bond acceptors (Lipinski definition) is 4. The Hall–Kier alpha value is -1.27. The topological polar surface area (TPSA) is 82.7 Å². The number of aliphatic hydroxyl groups is 2. The Labute approximate surface area is 125 Å². The quantitative estimate of drug-likeness (QED) is 0.734. The van der Waals surface area contributed by atoms with Crippen LogP contribution in [0.5, 0.6) is 0 Å². The molecule has 0 radical (unpaired) electrons. The Kier molecular flexibility index (Phi) is 4.88. The van der Waals surface area contributed by atoms with Gasteiger partial charge in [-0.05, 0) is 12.1 Å². The van der Waals surface area contributed by atoms with Gasteiger partial charge in [0.1, 0.15) is 17.4 Å². The van der Waals surface area contributed by atoms with Gasteiger partial charge < -0.3 is 19.9 Å². The Morgan fingerprint density at radius 1 is 1.35 bits per heavy atom. The lowest BCUT2D eigenvalue weighted by molar-refractivity contribution is -0.121. The monoisotopic (exact) mass is 317 g/mol. The first-order valence-electron chi connectivity index (χ1n) is 5.89. The number of carbonyl (C=O) groups excluding carboxylic acids is 1. The first-order valence-corrected chi connectivity index (χ1v) is 6.76. The average molecular weight is 318 g/mol. The fourth-order valence-electron chi connectivity index (χ4n) is 1.82. The summed E-state index contributed by atoms with van der Waals surface area (Å²) >= 11 is 10.8. The van der Waals surface area contributed by atoms with Crippen LogP contribution >= 0.6 is 23.2 Å². The number of nitrogens with one attached hydrogen (secondary N) is 1. The number of benzene rings is 1. The van der Waals surface area contributed by atoms with Crippen LogP contribution in [0.15, 0.2) is 34.7 Å². The highest BCUT2D eigenvalue weighted by molar-refractivity contribution is 6.53. The minimum Gasteiger partial charge on any atom is -0.458 e. The van der Waals surface area contributed by atoms with Crippen molar-refractivity contribution in [1.29, 1.82) is 0 Å². The molecule has 0 saturated carbocycles. The molecule has 0 spiro atoms. The molecule has 1 amide bonds. The van der Waals surface area contributed by atoms with Gasteiger partial charge >= 0.3 is 0 Å². The SMILES string of the molecule is O=C(N[C@@H](CO)[C@H](O)c1cc2ccccc2o1)C(Cl)Cl. The summed E-state index contributed by atoms with van der Waals surface area (Å²) in [5.41, 5.74) is 0.608. The maximum absolute atomic E-state index is 11.4. The second-order valence-electron chi connectivity index (χ2n) is 4.23. The van der Waals surface area contributed by atoms with Crippen molar-refractivity contribution in [3.8, 4) is 0 Å². The molecule has 2 rings (SSSR count). The van der Waals surface area contributed by atoms with Crippen LogP contribution in [0.1, 0.15) is 11.9 Å². The lowest BCUT2D eigenvalue weighted by atomic mass is 10.1. The van der Waals surface area contributed by atoms with E-state index in [4.69, 9.17) is 27.6 Å². The van der Waals surface area contributed by atoms with Gasteiger partial charge in [0.15, 0.2) is 4.84 Å². The number of para-hydroxylation sites is 1. The van der Waals surface area contributed by atoms with E-state index in [1.54, 1.807) is 18.2 Å². The molecular weight excluding hydrogens is 305 g/mol. The number of aliphatic hydroxyl groups excluding tert-OH is 2. The van der Waals surface area contributed by atoms with Crippen LogP contribution in [0, 0.1) is 0 Å². The molecule has 0 aliphatic carbocycles. The Morgan fingerprint density at radius 3 is 2.65 bits per heavy atom. The molecule has 0 bridgehead atoms. The minimum absolute atomic E-state index is 0.242. The maximum atomic E-state index is 11.4. The van der Waals surface area contributed by atoms with Crippen LogP contribution in [0.25, 0.3) is 11.0 Å². The van der Waals surface area contributed by atoms with Gasteiger partial charge in [-0.25, -0.2) is 0 Å². The first kappa shape index (κ1) is 15.1. The zero-order valence-electron chi connectivity index (χ0n) is 10.3. The summed E-state index contributed by atoms with van der Waals surface area (Å²) in [6.45, 7) is -0.482. The van der Waals surface area contributed by atoms with Crippen LogP contribution in [0.4, 0.5) is 0 Å². The lowest BCUT2D eigenvalue weighted by Gasteiger charge is -2.20. The van der Waals surface area contributed by atoms with Gasteiger partial charge in [0.2, 0.25) is 0 Å². The molecule has 1 aromatic carbocycles. The van der Waals surface area contributed by atoms with Crippen LogP contribution in [-0.2, 0) is 4.79 Å². The molecule has 0 aliphatic heterocycles. The molecule has 0 fully saturated rings. The van der Waals surface area contributed by atoms with Gasteiger partial charge in [-0.1, -0.05) is 41.4 Å². The van der Waals surface area contributed by atoms with Gasteiger partial charge in [0, 0.05) is 5.39 Å². The summed E-state index contributed by atoms with van der Waals surface area (Å²) in [5.74, 6) is -0.450. The Bertz CT molecular complexity index is 566. The molecule has 0 aliphatic rings. The van der Waals surface area contributed by atoms with Gasteiger partial charge in [0.05, 0.1) is 12.6 Å². The van der Waals surface area contributed by atoms with Crippen molar-refractivity contribution in [1.82, 2.24) is 5.32 Å². The number of amides is 1. The third kappa shape index (κ3) is 3.24. The largest absolute Gasteiger partial charge is 0.458 e. The van der Waals surface area contributed by atoms with E-state index in [-0.39, 0.29) is 5.76 Å². The minimum atomic E-state index is -1.27. The van der Waals surface area contributed by atoms with Gasteiger partial charge in [-0.3, -0.25) is 4.79 Å². The van der Waals surface area contributed by atoms with E-state index in [0.29, 0.717) is 5.58 Å². The summed E-state index contributed by atoms with van der Waals surface area (Å²) in [6.07, 6.45) is -1.21. The van der Waals surface area contributed by atoms with Crippen LogP contribution < -0.4 is 5.32 Å². The number of hydrogen-bond donors (Lipinski definition) is 3. The highest BCUT2D eigenvalue weighted by atomic mass is 35.5.